The highest BCUT2D eigenvalue weighted by Gasteiger charge is 2.24. The van der Waals surface area contributed by atoms with Crippen molar-refractivity contribution in [2.45, 2.75) is 27.2 Å². The normalized spacial score (nSPS) is 12.4. The summed E-state index contributed by atoms with van der Waals surface area (Å²) < 4.78 is 13.0. The molecule has 54 heavy (non-hydrogen) atoms. The smallest absolute Gasteiger partial charge is 0.272 e. The maximum Gasteiger partial charge on any atom is 0.272 e. The summed E-state index contributed by atoms with van der Waals surface area (Å²) in [7, 11) is 1.70. The van der Waals surface area contributed by atoms with Crippen molar-refractivity contribution in [1.29, 1.82) is 1.45 Å². The molecule has 2 aliphatic rings. The molecule has 4 aromatic carbocycles. The molecule has 0 aliphatic carbocycles. The Labute approximate surface area is 311 Å². The van der Waals surface area contributed by atoms with E-state index >= 15 is 0 Å². The highest BCUT2D eigenvalue weighted by atomic mass is 19.0. The zero-order valence-electron chi connectivity index (χ0n) is 29.8. The third-order valence-corrected chi connectivity index (χ3v) is 8.59. The average molecular weight is 732 g/mol. The molecule has 14 heteroatoms. The summed E-state index contributed by atoms with van der Waals surface area (Å²) in [5.74, 6) is -0.859. The van der Waals surface area contributed by atoms with Gasteiger partial charge in [0.1, 0.15) is 0 Å². The average Bonchev–Trinajstić information content (AvgIpc) is 3.62. The summed E-state index contributed by atoms with van der Waals surface area (Å²) >= 11 is 0. The molecule has 0 fully saturated rings. The molecule has 4 heterocycles. The predicted molar refractivity (Wildman–Crippen MR) is 213 cm³/mol. The van der Waals surface area contributed by atoms with Gasteiger partial charge in [-0.05, 0) is 48.9 Å². The van der Waals surface area contributed by atoms with E-state index in [2.05, 4.69) is 48.4 Å². The first-order valence-electron chi connectivity index (χ1n) is 17.1. The zero-order valence-corrected chi connectivity index (χ0v) is 28.8. The fourth-order valence-corrected chi connectivity index (χ4v) is 6.39. The molecule has 276 valence electrons. The molecule has 0 spiro atoms. The standard InChI is InChI=1S/C20H18N4O2.C19H17N5O2.CH4.FH/c1-2-6-17(25)22-13-9-14-18-15(11-21-24-20(14)26)19(23-16(18)10-13)12-7-4-3-5-8-12;1-20-10-16(25)22-12-7-13-17-14(9-21-24-19(13)26)18(23-15(17)8-12)11-5-3-2-4-6-11;;/h3-5,7-11,23H,2,6H2,1H3,(H,22,25)(H,24,26);2-9,20,23H,10H2,1H3,(H,22,25)(H,24,26);1H4;1H/i/hT. The van der Waals surface area contributed by atoms with Gasteiger partial charge in [0.05, 0.1) is 41.5 Å². The number of carbonyl (C=O) groups excluding carboxylic acids is 4. The van der Waals surface area contributed by atoms with Crippen LogP contribution in [0.1, 0.15) is 59.0 Å². The number of H-pyrrole nitrogens is 2. The maximum atomic E-state index is 12.5. The molecule has 0 unspecified atom stereocenters. The molecule has 2 aliphatic heterocycles. The molecule has 0 saturated carbocycles. The molecule has 0 atom stereocenters. The molecule has 6 aromatic rings. The lowest BCUT2D eigenvalue weighted by Gasteiger charge is -2.08. The molecular formula is C40H40FN9O4. The molecule has 0 saturated heterocycles. The number of carbonyl (C=O) groups is 4. The van der Waals surface area contributed by atoms with Crippen LogP contribution in [0.2, 0.25) is 0 Å². The van der Waals surface area contributed by atoms with E-state index < -0.39 is 0 Å². The van der Waals surface area contributed by atoms with Crippen molar-refractivity contribution in [2.24, 2.45) is 10.2 Å². The predicted octanol–water partition coefficient (Wildman–Crippen LogP) is 6.51. The first kappa shape index (κ1) is 36.8. The number of hydrazone groups is 2. The number of likely N-dealkylation sites (N-methyl/N-ethyl adjacent to an activating group) is 1. The van der Waals surface area contributed by atoms with Gasteiger partial charge in [-0.3, -0.25) is 23.9 Å². The van der Waals surface area contributed by atoms with Crippen LogP contribution in [-0.4, -0.2) is 61.1 Å². The quantitative estimate of drug-likeness (QED) is 0.0940. The molecule has 0 radical (unpaired) electrons. The van der Waals surface area contributed by atoms with Gasteiger partial charge in [-0.1, -0.05) is 75.0 Å². The lowest BCUT2D eigenvalue weighted by atomic mass is 10.0. The van der Waals surface area contributed by atoms with Gasteiger partial charge in [0.15, 0.2) is 0 Å². The summed E-state index contributed by atoms with van der Waals surface area (Å²) in [6, 6.07) is 26.8. The Balaban J connectivity index is 0.000000199. The second kappa shape index (κ2) is 16.6. The highest BCUT2D eigenvalue weighted by molar-refractivity contribution is 6.19. The van der Waals surface area contributed by atoms with Crippen LogP contribution in [-0.2, 0) is 9.59 Å². The lowest BCUT2D eigenvalue weighted by molar-refractivity contribution is -0.116. The number of anilines is 2. The molecule has 7 N–H and O–H groups in total. The largest absolute Gasteiger partial charge is 0.354 e. The highest BCUT2D eigenvalue weighted by Crippen LogP contribution is 2.36. The third-order valence-electron chi connectivity index (χ3n) is 8.59. The van der Waals surface area contributed by atoms with Crippen LogP contribution in [0.3, 0.4) is 0 Å². The topological polar surface area (TPSA) is 185 Å². The van der Waals surface area contributed by atoms with Crippen molar-refractivity contribution in [3.63, 3.8) is 0 Å². The van der Waals surface area contributed by atoms with Gasteiger partial charge in [-0.25, -0.2) is 10.9 Å². The third kappa shape index (κ3) is 7.64. The first-order chi connectivity index (χ1) is 26.3. The SMILES string of the molecule is C.CCCC(=O)Nc1cc2c3c(c(-c4ccccc4)[nH]c3c1)C=NNC2=O.CNCC(=O)Nc1cc2c3c(c(-c4ccccc4)[nH]c3c1)C=NNC2=O.[3H]F. The minimum Gasteiger partial charge on any atom is -0.354 e. The first-order valence-corrected chi connectivity index (χ1v) is 16.8. The van der Waals surface area contributed by atoms with Gasteiger partial charge < -0.3 is 25.9 Å². The number of amides is 4. The number of rotatable bonds is 8. The number of hydrogen-bond acceptors (Lipinski definition) is 7. The van der Waals surface area contributed by atoms with Crippen LogP contribution < -0.4 is 26.8 Å². The number of benzene rings is 4. The van der Waals surface area contributed by atoms with E-state index in [4.69, 9.17) is 4.72 Å². The van der Waals surface area contributed by atoms with E-state index in [9.17, 15) is 19.2 Å². The van der Waals surface area contributed by atoms with Gasteiger partial charge in [-0.15, -0.1) is 0 Å². The van der Waals surface area contributed by atoms with Crippen molar-refractivity contribution in [3.05, 3.63) is 107 Å². The van der Waals surface area contributed by atoms with Crippen molar-refractivity contribution in [1.82, 2.24) is 26.1 Å². The summed E-state index contributed by atoms with van der Waals surface area (Å²) in [6.45, 7) is 2.14. The van der Waals surface area contributed by atoms with E-state index in [0.717, 1.165) is 61.9 Å². The maximum absolute atomic E-state index is 12.5. The van der Waals surface area contributed by atoms with Crippen molar-refractivity contribution in [3.8, 4) is 22.5 Å². The number of hydrogen-bond donors (Lipinski definition) is 7. The van der Waals surface area contributed by atoms with E-state index in [1.54, 1.807) is 31.6 Å². The molecular weight excluding hydrogens is 689 g/mol. The Morgan fingerprint density at radius 2 is 1.15 bits per heavy atom. The fourth-order valence-electron chi connectivity index (χ4n) is 6.39. The van der Waals surface area contributed by atoms with Gasteiger partial charge >= 0.3 is 0 Å². The van der Waals surface area contributed by atoms with Crippen molar-refractivity contribution >= 4 is 69.2 Å². The Kier molecular flexibility index (Phi) is 11.3. The van der Waals surface area contributed by atoms with Crippen molar-refractivity contribution in [2.75, 3.05) is 24.2 Å². The Hall–Kier alpha value is -6.93. The van der Waals surface area contributed by atoms with E-state index in [1.807, 2.05) is 79.7 Å². The lowest BCUT2D eigenvalue weighted by Crippen LogP contribution is -2.25. The van der Waals surface area contributed by atoms with Gasteiger partial charge in [0, 0.05) is 50.7 Å². The minimum absolute atomic E-state index is 0. The Morgan fingerprint density at radius 3 is 1.57 bits per heavy atom. The molecule has 4 amide bonds. The summed E-state index contributed by atoms with van der Waals surface area (Å²) in [6.07, 6.45) is 4.51. The van der Waals surface area contributed by atoms with Crippen molar-refractivity contribution < 1.29 is 23.9 Å². The van der Waals surface area contributed by atoms with Gasteiger partial charge in [0.2, 0.25) is 11.8 Å². The molecule has 0 bridgehead atoms. The molecule has 13 nitrogen and oxygen atoms in total. The monoisotopic (exact) mass is 731 g/mol. The molecule has 8 rings (SSSR count). The van der Waals surface area contributed by atoms with E-state index in [0.29, 0.717) is 28.9 Å². The van der Waals surface area contributed by atoms with Crippen LogP contribution in [0.5, 0.6) is 0 Å². The number of nitrogens with zero attached hydrogens (tertiary/aromatic N) is 2. The summed E-state index contributed by atoms with van der Waals surface area (Å²) in [5, 5.41) is 18.1. The van der Waals surface area contributed by atoms with Crippen LogP contribution in [0.25, 0.3) is 44.3 Å². The number of nitrogens with one attached hydrogen (secondary N) is 7. The number of aromatic nitrogens is 2. The zero-order chi connectivity index (χ0) is 38.2. The second-order valence-electron chi connectivity index (χ2n) is 12.2. The van der Waals surface area contributed by atoms with Gasteiger partial charge in [0.25, 0.3) is 13.3 Å². The van der Waals surface area contributed by atoms with Crippen LogP contribution >= 0.6 is 0 Å². The van der Waals surface area contributed by atoms with Crippen LogP contribution in [0, 0.1) is 0 Å². The number of halogens is 1. The summed E-state index contributed by atoms with van der Waals surface area (Å²) in [4.78, 5) is 55.5. The second-order valence-corrected chi connectivity index (χ2v) is 12.2. The van der Waals surface area contributed by atoms with Crippen LogP contribution in [0.15, 0.2) is 95.1 Å². The number of aromatic amines is 2. The van der Waals surface area contributed by atoms with Crippen LogP contribution in [0.4, 0.5) is 16.1 Å². The fraction of sp³-hybridized carbons (Fsp3) is 0.150. The Bertz CT molecular complexity index is 2260. The summed E-state index contributed by atoms with van der Waals surface area (Å²) in [5.41, 5.74) is 14.1. The van der Waals surface area contributed by atoms with Gasteiger partial charge in [-0.2, -0.15) is 10.2 Å². The van der Waals surface area contributed by atoms with E-state index in [-0.39, 0.29) is 37.6 Å². The minimum atomic E-state index is -0.312. The Morgan fingerprint density at radius 1 is 0.704 bits per heavy atom. The molecule has 2 aromatic heterocycles. The van der Waals surface area contributed by atoms with E-state index in [1.165, 1.54) is 0 Å².